The number of nitrogens with one attached hydrogen (secondary N) is 3. The van der Waals surface area contributed by atoms with Crippen LogP contribution in [0.4, 0.5) is 5.69 Å². The number of hydrogen-bond acceptors (Lipinski definition) is 3. The summed E-state index contributed by atoms with van der Waals surface area (Å²) in [5.41, 5.74) is 1.93. The molecule has 0 saturated carbocycles. The summed E-state index contributed by atoms with van der Waals surface area (Å²) in [7, 11) is 3.41. The predicted molar refractivity (Wildman–Crippen MR) is 110 cm³/mol. The van der Waals surface area contributed by atoms with E-state index in [2.05, 4.69) is 20.9 Å². The molecule has 0 spiro atoms. The number of carbonyl (C=O) groups excluding carboxylic acids is 1. The van der Waals surface area contributed by atoms with Crippen LogP contribution in [0.1, 0.15) is 32.3 Å². The first-order chi connectivity index (χ1) is 11.1. The largest absolute Gasteiger partial charge is 0.383 e. The summed E-state index contributed by atoms with van der Waals surface area (Å²) in [4.78, 5) is 15.7. The van der Waals surface area contributed by atoms with E-state index in [1.807, 2.05) is 38.1 Å². The van der Waals surface area contributed by atoms with Gasteiger partial charge in [0.15, 0.2) is 5.96 Å². The first-order valence-electron chi connectivity index (χ1n) is 7.94. The van der Waals surface area contributed by atoms with Gasteiger partial charge in [-0.1, -0.05) is 19.1 Å². The van der Waals surface area contributed by atoms with E-state index in [1.165, 1.54) is 0 Å². The van der Waals surface area contributed by atoms with Gasteiger partial charge in [0, 0.05) is 38.9 Å². The molecule has 0 aliphatic carbocycles. The summed E-state index contributed by atoms with van der Waals surface area (Å²) in [5, 5.41) is 9.37. The number of nitrogens with zero attached hydrogens (tertiary/aromatic N) is 1. The smallest absolute Gasteiger partial charge is 0.224 e. The lowest BCUT2D eigenvalue weighted by molar-refractivity contribution is -0.116. The minimum Gasteiger partial charge on any atom is -0.383 e. The molecule has 3 N–H and O–H groups in total. The van der Waals surface area contributed by atoms with Gasteiger partial charge in [0.05, 0.1) is 6.61 Å². The molecule has 1 rings (SSSR count). The second-order valence-electron chi connectivity index (χ2n) is 5.42. The Morgan fingerprint density at radius 1 is 1.29 bits per heavy atom. The van der Waals surface area contributed by atoms with E-state index in [4.69, 9.17) is 4.74 Å². The highest BCUT2D eigenvalue weighted by molar-refractivity contribution is 14.0. The van der Waals surface area contributed by atoms with Gasteiger partial charge in [-0.05, 0) is 31.0 Å². The Bertz CT molecular complexity index is 506. The Labute approximate surface area is 161 Å². The van der Waals surface area contributed by atoms with Crippen LogP contribution in [0, 0.1) is 0 Å². The quantitative estimate of drug-likeness (QED) is 0.325. The standard InChI is InChI=1S/C17H28N4O2.HI/c1-5-6-16(22)21-15-9-7-14(8-10-15)11-19-17(18-3)20-13(2)12-23-4;/h7-10,13H,5-6,11-12H2,1-4H3,(H,21,22)(H2,18,19,20);1H. The van der Waals surface area contributed by atoms with Crippen molar-refractivity contribution in [2.45, 2.75) is 39.3 Å². The highest BCUT2D eigenvalue weighted by Crippen LogP contribution is 2.10. The molecule has 1 atom stereocenters. The average molecular weight is 448 g/mol. The summed E-state index contributed by atoms with van der Waals surface area (Å²) in [5.74, 6) is 0.782. The zero-order valence-corrected chi connectivity index (χ0v) is 17.2. The predicted octanol–water partition coefficient (Wildman–Crippen LogP) is 2.74. The van der Waals surface area contributed by atoms with Crippen molar-refractivity contribution in [1.82, 2.24) is 10.6 Å². The zero-order valence-electron chi connectivity index (χ0n) is 14.9. The lowest BCUT2D eigenvalue weighted by atomic mass is 10.2. The molecule has 1 aromatic rings. The van der Waals surface area contributed by atoms with Crippen LogP contribution >= 0.6 is 24.0 Å². The maximum absolute atomic E-state index is 11.5. The van der Waals surface area contributed by atoms with E-state index < -0.39 is 0 Å². The van der Waals surface area contributed by atoms with Gasteiger partial charge >= 0.3 is 0 Å². The van der Waals surface area contributed by atoms with E-state index >= 15 is 0 Å². The Morgan fingerprint density at radius 3 is 2.50 bits per heavy atom. The van der Waals surface area contributed by atoms with E-state index in [-0.39, 0.29) is 35.9 Å². The van der Waals surface area contributed by atoms with Gasteiger partial charge in [-0.3, -0.25) is 9.79 Å². The monoisotopic (exact) mass is 448 g/mol. The molecule has 0 radical (unpaired) electrons. The molecule has 1 unspecified atom stereocenters. The van der Waals surface area contributed by atoms with Crippen LogP contribution in [0.3, 0.4) is 0 Å². The molecule has 0 aromatic heterocycles. The van der Waals surface area contributed by atoms with Crippen LogP contribution in [0.2, 0.25) is 0 Å². The van der Waals surface area contributed by atoms with Gasteiger partial charge < -0.3 is 20.7 Å². The molecular formula is C17H29IN4O2. The highest BCUT2D eigenvalue weighted by Gasteiger charge is 2.05. The minimum absolute atomic E-state index is 0. The average Bonchev–Trinajstić information content (AvgIpc) is 2.53. The number of hydrogen-bond donors (Lipinski definition) is 3. The van der Waals surface area contributed by atoms with Crippen molar-refractivity contribution in [2.75, 3.05) is 26.1 Å². The third-order valence-corrected chi connectivity index (χ3v) is 3.20. The van der Waals surface area contributed by atoms with Crippen molar-refractivity contribution in [3.63, 3.8) is 0 Å². The van der Waals surface area contributed by atoms with Crippen molar-refractivity contribution in [1.29, 1.82) is 0 Å². The third-order valence-electron chi connectivity index (χ3n) is 3.20. The molecule has 0 aliphatic rings. The second kappa shape index (κ2) is 13.0. The molecule has 0 bridgehead atoms. The molecular weight excluding hydrogens is 419 g/mol. The number of guanidine groups is 1. The maximum Gasteiger partial charge on any atom is 0.224 e. The fourth-order valence-corrected chi connectivity index (χ4v) is 2.06. The van der Waals surface area contributed by atoms with Crippen LogP contribution in [-0.4, -0.2) is 38.7 Å². The van der Waals surface area contributed by atoms with Crippen LogP contribution in [0.25, 0.3) is 0 Å². The van der Waals surface area contributed by atoms with Crippen molar-refractivity contribution in [3.05, 3.63) is 29.8 Å². The van der Waals surface area contributed by atoms with E-state index in [0.29, 0.717) is 19.6 Å². The number of methoxy groups -OCH3 is 1. The lowest BCUT2D eigenvalue weighted by Gasteiger charge is -2.17. The van der Waals surface area contributed by atoms with Gasteiger partial charge in [-0.2, -0.15) is 0 Å². The number of anilines is 1. The fourth-order valence-electron chi connectivity index (χ4n) is 2.06. The van der Waals surface area contributed by atoms with Crippen LogP contribution in [0.15, 0.2) is 29.3 Å². The minimum atomic E-state index is 0. The number of aliphatic imine (C=N–C) groups is 1. The van der Waals surface area contributed by atoms with E-state index in [1.54, 1.807) is 14.2 Å². The molecule has 0 fully saturated rings. The zero-order chi connectivity index (χ0) is 17.1. The normalized spacial score (nSPS) is 12.1. The SMILES string of the molecule is CCCC(=O)Nc1ccc(CNC(=NC)NC(C)COC)cc1.I. The van der Waals surface area contributed by atoms with E-state index in [0.717, 1.165) is 23.6 Å². The van der Waals surface area contributed by atoms with Crippen molar-refractivity contribution >= 4 is 41.5 Å². The molecule has 6 nitrogen and oxygen atoms in total. The molecule has 136 valence electrons. The molecule has 0 saturated heterocycles. The fraction of sp³-hybridized carbons (Fsp3) is 0.529. The summed E-state index contributed by atoms with van der Waals surface area (Å²) in [6.45, 7) is 5.29. The number of halogens is 1. The van der Waals surface area contributed by atoms with Gasteiger partial charge in [0.2, 0.25) is 5.91 Å². The van der Waals surface area contributed by atoms with Gasteiger partial charge in [-0.15, -0.1) is 24.0 Å². The molecule has 1 amide bonds. The Morgan fingerprint density at radius 2 is 1.96 bits per heavy atom. The van der Waals surface area contributed by atoms with Crippen LogP contribution < -0.4 is 16.0 Å². The summed E-state index contributed by atoms with van der Waals surface area (Å²) >= 11 is 0. The number of benzene rings is 1. The topological polar surface area (TPSA) is 74.8 Å². The van der Waals surface area contributed by atoms with Crippen LogP contribution in [0.5, 0.6) is 0 Å². The number of amides is 1. The molecule has 1 aromatic carbocycles. The number of rotatable bonds is 8. The third kappa shape index (κ3) is 9.07. The van der Waals surface area contributed by atoms with Crippen LogP contribution in [-0.2, 0) is 16.1 Å². The Hall–Kier alpha value is -1.35. The number of carbonyl (C=O) groups is 1. The Kier molecular flexibility index (Phi) is 12.3. The van der Waals surface area contributed by atoms with Crippen molar-refractivity contribution < 1.29 is 9.53 Å². The molecule has 24 heavy (non-hydrogen) atoms. The van der Waals surface area contributed by atoms with Gasteiger partial charge in [0.25, 0.3) is 0 Å². The van der Waals surface area contributed by atoms with E-state index in [9.17, 15) is 4.79 Å². The molecule has 7 heteroatoms. The van der Waals surface area contributed by atoms with Gasteiger partial charge in [-0.25, -0.2) is 0 Å². The first kappa shape index (κ1) is 22.6. The van der Waals surface area contributed by atoms with Crippen molar-refractivity contribution in [3.8, 4) is 0 Å². The first-order valence-corrected chi connectivity index (χ1v) is 7.94. The summed E-state index contributed by atoms with van der Waals surface area (Å²) in [6.07, 6.45) is 1.40. The number of ether oxygens (including phenoxy) is 1. The summed E-state index contributed by atoms with van der Waals surface area (Å²) in [6, 6.07) is 7.98. The molecule has 0 heterocycles. The lowest BCUT2D eigenvalue weighted by Crippen LogP contribution is -2.43. The molecule has 0 aliphatic heterocycles. The second-order valence-corrected chi connectivity index (χ2v) is 5.42. The van der Waals surface area contributed by atoms with Gasteiger partial charge in [0.1, 0.15) is 0 Å². The Balaban J connectivity index is 0.00000529. The maximum atomic E-state index is 11.5. The summed E-state index contributed by atoms with van der Waals surface area (Å²) < 4.78 is 5.09. The highest BCUT2D eigenvalue weighted by atomic mass is 127. The van der Waals surface area contributed by atoms with Crippen molar-refractivity contribution in [2.24, 2.45) is 4.99 Å².